The molecule has 85 heavy (non-hydrogen) atoms. The molecule has 0 aromatic rings. The molecule has 7 rings (SSSR count). The van der Waals surface area contributed by atoms with Gasteiger partial charge in [-0.2, -0.15) is 0 Å². The first-order valence-electron chi connectivity index (χ1n) is 31.0. The monoisotopic (exact) mass is 1230 g/mol. The number of halogens is 2. The zero-order valence-corrected chi connectivity index (χ0v) is 53.9. The maximum absolute atomic E-state index is 16.2. The van der Waals surface area contributed by atoms with Gasteiger partial charge in [0.15, 0.2) is 30.1 Å². The van der Waals surface area contributed by atoms with Crippen LogP contribution < -0.4 is 0 Å². The fourth-order valence-electron chi connectivity index (χ4n) is 16.2. The van der Waals surface area contributed by atoms with Gasteiger partial charge < -0.3 is 78.3 Å². The lowest BCUT2D eigenvalue weighted by atomic mass is 9.45. The number of hydrogen-bond donors (Lipinski definition) is 6. The number of unbranched alkanes of at least 4 members (excludes halogenated alkanes) is 1. The van der Waals surface area contributed by atoms with E-state index in [2.05, 4.69) is 0 Å². The largest absolute Gasteiger partial charge is 0.464 e. The number of rotatable bonds is 14. The summed E-state index contributed by atoms with van der Waals surface area (Å²) in [5.41, 5.74) is -9.00. The molecule has 3 aliphatic heterocycles. The first-order valence-corrected chi connectivity index (χ1v) is 31.4. The predicted octanol–water partition coefficient (Wildman–Crippen LogP) is 5.48. The van der Waals surface area contributed by atoms with E-state index in [4.69, 9.17) is 49.5 Å². The van der Waals surface area contributed by atoms with Crippen LogP contribution in [0.25, 0.3) is 0 Å². The Hall–Kier alpha value is -2.74. The van der Waals surface area contributed by atoms with Crippen molar-refractivity contribution in [2.75, 3.05) is 41.4 Å². The van der Waals surface area contributed by atoms with Crippen molar-refractivity contribution in [3.05, 3.63) is 23.8 Å². The van der Waals surface area contributed by atoms with Gasteiger partial charge in [0.2, 0.25) is 0 Å². The minimum atomic E-state index is -2.07. The van der Waals surface area contributed by atoms with Crippen LogP contribution in [0, 0.1) is 40.4 Å². The molecule has 0 amide bonds. The fourth-order valence-corrected chi connectivity index (χ4v) is 16.7. The number of allylic oxidation sites excluding steroid dienone is 4. The minimum Gasteiger partial charge on any atom is -0.464 e. The maximum Gasteiger partial charge on any atom is 0.338 e. The molecule has 0 spiro atoms. The number of ketones is 1. The molecule has 0 bridgehead atoms. The van der Waals surface area contributed by atoms with Gasteiger partial charge in [0.1, 0.15) is 30.1 Å². The highest BCUT2D eigenvalue weighted by atomic mass is 35.5. The standard InChI is InChI=1S/C63H102ClFN2O18/c1-17-46-61(12,76)51(71)37(6)67(15)25-20-23-59(10,75)53(35(4)49(36(5)54(73)82-46)84-48-32-60(11,78-16)52(72)38(7)81-48)85-55-50(44(66(13)14)28-34(3)80-55)83-47(70)21-18-19-26-79-56(74)63(77)33(2)27-40-41-30-43(65)42-29-39(68)22-24-57(42,8)62(41,64)45(69)31-58(40,63)9/h22,24,29,33-38,40-41,43-46,48-53,55,69,71-72,75-77H,17-21,23,25-28,30-32H2,1-16H3/t33-,34-,35+,36-,37-,38?,40?,41?,43+,44-,45+,46-,48-,49+,50-,51-,52-,53-,55+,57+,58+,59-,60+,61-,62+,63+/m1/s1. The molecule has 3 heterocycles. The Labute approximate surface area is 507 Å². The van der Waals surface area contributed by atoms with Crippen LogP contribution in [-0.2, 0) is 57.1 Å². The van der Waals surface area contributed by atoms with Crippen molar-refractivity contribution in [3.63, 3.8) is 0 Å². The third-order valence-corrected chi connectivity index (χ3v) is 22.7. The number of methoxy groups -OCH3 is 1. The molecule has 20 nitrogen and oxygen atoms in total. The number of aliphatic hydroxyl groups is 6. The number of carbonyl (C=O) groups excluding carboxylic acids is 4. The predicted molar refractivity (Wildman–Crippen MR) is 311 cm³/mol. The lowest BCUT2D eigenvalue weighted by Gasteiger charge is -2.64. The van der Waals surface area contributed by atoms with Gasteiger partial charge in [0, 0.05) is 42.7 Å². The van der Waals surface area contributed by atoms with Gasteiger partial charge in [-0.15, -0.1) is 11.6 Å². The van der Waals surface area contributed by atoms with Crippen molar-refractivity contribution in [1.82, 2.24) is 9.80 Å². The number of likely N-dealkylation sites (N-methyl/N-ethyl adjacent to an activating group) is 2. The summed E-state index contributed by atoms with van der Waals surface area (Å²) in [7, 11) is 6.97. The number of hydrogen-bond acceptors (Lipinski definition) is 20. The molecule has 0 aromatic heterocycles. The van der Waals surface area contributed by atoms with Gasteiger partial charge in [-0.1, -0.05) is 40.7 Å². The number of esters is 3. The van der Waals surface area contributed by atoms with E-state index in [9.17, 15) is 49.8 Å². The molecule has 3 saturated carbocycles. The molecule has 7 aliphatic rings. The van der Waals surface area contributed by atoms with Gasteiger partial charge in [0.05, 0.1) is 65.2 Å². The molecule has 26 atom stereocenters. The molecule has 0 aromatic carbocycles. The van der Waals surface area contributed by atoms with Crippen molar-refractivity contribution in [2.24, 2.45) is 40.4 Å². The maximum atomic E-state index is 16.2. The molecular weight excluding hydrogens is 1130 g/mol. The molecular formula is C63H102ClFN2O18. The molecule has 3 saturated heterocycles. The van der Waals surface area contributed by atoms with Crippen LogP contribution in [0.3, 0.4) is 0 Å². The first kappa shape index (κ1) is 69.7. The van der Waals surface area contributed by atoms with E-state index in [1.807, 2.05) is 30.8 Å². The van der Waals surface area contributed by atoms with Crippen LogP contribution in [0.5, 0.6) is 0 Å². The van der Waals surface area contributed by atoms with Gasteiger partial charge in [-0.25, -0.2) is 9.18 Å². The SMILES string of the molecule is CC[C@H]1OC(=O)[C@H](C)[C@@H](O[C@@H]2C[C@](C)(OC)[C@H](O)C(C)O2)[C@H](C)[C@@H](O[C@@H]2O[C@H](C)C[C@@H](N(C)C)[C@H]2OC(=O)CCCCOC(=O)[C@@]2(O)[C@H](C)CC3C4C[C@H](F)C5=CC(=O)C=C[C@]5(C)[C@@]4(Cl)[C@@H](O)C[C@@]32C)[C@](C)(O)CCCN(C)[C@H](C)[C@@H](O)[C@]1(C)O. The van der Waals surface area contributed by atoms with Crippen LogP contribution in [-0.4, -0.2) is 219 Å². The quantitative estimate of drug-likeness (QED) is 0.0544. The van der Waals surface area contributed by atoms with Crippen molar-refractivity contribution in [3.8, 4) is 0 Å². The summed E-state index contributed by atoms with van der Waals surface area (Å²) >= 11 is 7.51. The Bertz CT molecular complexity index is 2450. The number of carbonyl (C=O) groups is 4. The van der Waals surface area contributed by atoms with Crippen LogP contribution in [0.2, 0.25) is 0 Å². The Morgan fingerprint density at radius 2 is 1.56 bits per heavy atom. The molecule has 22 heteroatoms. The molecule has 3 unspecified atom stereocenters. The highest BCUT2D eigenvalue weighted by Gasteiger charge is 2.76. The van der Waals surface area contributed by atoms with Gasteiger partial charge in [0.25, 0.3) is 0 Å². The van der Waals surface area contributed by atoms with Crippen molar-refractivity contribution < 1.29 is 92.1 Å². The van der Waals surface area contributed by atoms with Crippen molar-refractivity contribution in [2.45, 2.75) is 267 Å². The number of fused-ring (bicyclic) bond motifs is 5. The Kier molecular flexibility index (Phi) is 21.5. The molecule has 4 aliphatic carbocycles. The number of alkyl halides is 2. The number of ether oxygens (including phenoxy) is 8. The topological polar surface area (TPSA) is 270 Å². The third kappa shape index (κ3) is 12.9. The molecule has 6 fully saturated rings. The highest BCUT2D eigenvalue weighted by Crippen LogP contribution is 2.71. The van der Waals surface area contributed by atoms with Crippen molar-refractivity contribution in [1.29, 1.82) is 0 Å². The smallest absolute Gasteiger partial charge is 0.338 e. The van der Waals surface area contributed by atoms with Gasteiger partial charge in [-0.05, 0) is 169 Å². The summed E-state index contributed by atoms with van der Waals surface area (Å²) < 4.78 is 67.0. The lowest BCUT2D eigenvalue weighted by molar-refractivity contribution is -0.318. The number of nitrogens with zero attached hydrogens (tertiary/aromatic N) is 2. The first-order chi connectivity index (χ1) is 39.4. The van der Waals surface area contributed by atoms with E-state index in [0.717, 1.165) is 0 Å². The zero-order valence-electron chi connectivity index (χ0n) is 53.1. The fraction of sp³-hybridized carbons (Fsp3) is 0.873. The van der Waals surface area contributed by atoms with Crippen LogP contribution in [0.4, 0.5) is 4.39 Å². The minimum absolute atomic E-state index is 0.0486. The number of aliphatic hydroxyl groups excluding tert-OH is 3. The van der Waals surface area contributed by atoms with Crippen LogP contribution in [0.15, 0.2) is 23.8 Å². The van der Waals surface area contributed by atoms with E-state index in [1.54, 1.807) is 82.4 Å². The molecule has 0 radical (unpaired) electrons. The normalized spacial score (nSPS) is 48.4. The summed E-state index contributed by atoms with van der Waals surface area (Å²) in [6.07, 6.45) is -7.50. The van der Waals surface area contributed by atoms with E-state index in [0.29, 0.717) is 25.8 Å². The lowest BCUT2D eigenvalue weighted by Crippen LogP contribution is -2.70. The highest BCUT2D eigenvalue weighted by molar-refractivity contribution is 6.26. The molecule has 6 N–H and O–H groups in total. The second-order valence-electron chi connectivity index (χ2n) is 27.8. The summed E-state index contributed by atoms with van der Waals surface area (Å²) in [5, 5.41) is 72.2. The summed E-state index contributed by atoms with van der Waals surface area (Å²) in [6, 6.07) is -1.06. The Balaban J connectivity index is 1.09. The Morgan fingerprint density at radius 3 is 2.20 bits per heavy atom. The van der Waals surface area contributed by atoms with Crippen LogP contribution in [0.1, 0.15) is 154 Å². The van der Waals surface area contributed by atoms with Crippen LogP contribution >= 0.6 is 11.6 Å². The Morgan fingerprint density at radius 1 is 0.894 bits per heavy atom. The van der Waals surface area contributed by atoms with Crippen molar-refractivity contribution >= 4 is 35.3 Å². The average molecular weight is 1230 g/mol. The zero-order chi connectivity index (χ0) is 63.5. The second-order valence-corrected chi connectivity index (χ2v) is 28.4. The molecule has 486 valence electrons. The second kappa shape index (κ2) is 26.2. The summed E-state index contributed by atoms with van der Waals surface area (Å²) in [5.74, 6) is -6.43. The van der Waals surface area contributed by atoms with E-state index < -0.39 is 171 Å². The van der Waals surface area contributed by atoms with E-state index >= 15 is 4.39 Å². The van der Waals surface area contributed by atoms with Gasteiger partial charge >= 0.3 is 17.9 Å². The summed E-state index contributed by atoms with van der Waals surface area (Å²) in [6.45, 7) is 20.7. The number of cyclic esters (lactones) is 1. The average Bonchev–Trinajstić information content (AvgIpc) is 1.67. The third-order valence-electron chi connectivity index (χ3n) is 21.8. The van der Waals surface area contributed by atoms with E-state index in [1.165, 1.54) is 26.2 Å². The summed E-state index contributed by atoms with van der Waals surface area (Å²) in [4.78, 5) is 57.7. The van der Waals surface area contributed by atoms with E-state index in [-0.39, 0.29) is 69.3 Å². The van der Waals surface area contributed by atoms with Gasteiger partial charge in [-0.3, -0.25) is 14.4 Å².